The number of hydrogen-bond donors (Lipinski definition) is 2. The number of carbonyl (C=O) groups excluding carboxylic acids is 1. The highest BCUT2D eigenvalue weighted by atomic mass is 16.2. The molecular formula is C16H29N7O. The van der Waals surface area contributed by atoms with Crippen LogP contribution in [0, 0.1) is 5.41 Å². The van der Waals surface area contributed by atoms with Crippen LogP contribution in [0.5, 0.6) is 0 Å². The van der Waals surface area contributed by atoms with E-state index in [9.17, 15) is 4.79 Å². The highest BCUT2D eigenvalue weighted by molar-refractivity contribution is 5.85. The largest absolute Gasteiger partial charge is 0.357 e. The van der Waals surface area contributed by atoms with Crippen LogP contribution >= 0.6 is 0 Å². The molecule has 2 rings (SSSR count). The van der Waals surface area contributed by atoms with Gasteiger partial charge in [0.05, 0.1) is 5.41 Å². The SMILES string of the molecule is CCNC(=NCc1ncnn1C)NCC1(C(=O)N(C)C)CCCC1. The minimum absolute atomic E-state index is 0.205. The summed E-state index contributed by atoms with van der Waals surface area (Å²) in [6, 6.07) is 0. The topological polar surface area (TPSA) is 87.4 Å². The molecule has 134 valence electrons. The fourth-order valence-corrected chi connectivity index (χ4v) is 3.20. The summed E-state index contributed by atoms with van der Waals surface area (Å²) in [5, 5.41) is 10.6. The minimum Gasteiger partial charge on any atom is -0.357 e. The molecule has 1 aromatic heterocycles. The molecule has 1 fully saturated rings. The van der Waals surface area contributed by atoms with E-state index in [1.807, 2.05) is 28.1 Å². The van der Waals surface area contributed by atoms with Crippen molar-refractivity contribution in [1.29, 1.82) is 0 Å². The van der Waals surface area contributed by atoms with Gasteiger partial charge in [-0.2, -0.15) is 5.10 Å². The quantitative estimate of drug-likeness (QED) is 0.584. The number of guanidine groups is 1. The summed E-state index contributed by atoms with van der Waals surface area (Å²) in [4.78, 5) is 23.1. The molecule has 1 amide bonds. The summed E-state index contributed by atoms with van der Waals surface area (Å²) in [5.74, 6) is 1.71. The number of aromatic nitrogens is 3. The summed E-state index contributed by atoms with van der Waals surface area (Å²) in [5.41, 5.74) is -0.315. The maximum Gasteiger partial charge on any atom is 0.230 e. The fourth-order valence-electron chi connectivity index (χ4n) is 3.20. The molecule has 2 N–H and O–H groups in total. The third kappa shape index (κ3) is 4.24. The molecule has 1 aliphatic carbocycles. The van der Waals surface area contributed by atoms with Gasteiger partial charge in [-0.3, -0.25) is 9.48 Å². The van der Waals surface area contributed by atoms with Crippen molar-refractivity contribution in [2.75, 3.05) is 27.2 Å². The first-order chi connectivity index (χ1) is 11.5. The number of nitrogens with zero attached hydrogens (tertiary/aromatic N) is 5. The molecule has 0 radical (unpaired) electrons. The van der Waals surface area contributed by atoms with Gasteiger partial charge in [-0.05, 0) is 19.8 Å². The lowest BCUT2D eigenvalue weighted by molar-refractivity contribution is -0.138. The Morgan fingerprint density at radius 3 is 2.62 bits per heavy atom. The van der Waals surface area contributed by atoms with Crippen LogP contribution in [0.2, 0.25) is 0 Å². The number of amides is 1. The van der Waals surface area contributed by atoms with Crippen LogP contribution in [0.4, 0.5) is 0 Å². The number of hydrogen-bond acceptors (Lipinski definition) is 4. The van der Waals surface area contributed by atoms with Crippen LogP contribution in [-0.2, 0) is 18.4 Å². The van der Waals surface area contributed by atoms with Gasteiger partial charge in [0.15, 0.2) is 5.96 Å². The average molecular weight is 335 g/mol. The van der Waals surface area contributed by atoms with Crippen molar-refractivity contribution in [3.63, 3.8) is 0 Å². The molecule has 0 saturated heterocycles. The molecule has 0 bridgehead atoms. The molecule has 0 atom stereocenters. The molecule has 0 unspecified atom stereocenters. The van der Waals surface area contributed by atoms with Gasteiger partial charge in [0, 0.05) is 34.2 Å². The van der Waals surface area contributed by atoms with Gasteiger partial charge in [-0.25, -0.2) is 9.98 Å². The Labute approximate surface area is 143 Å². The Kier molecular flexibility index (Phi) is 6.16. The number of aryl methyl sites for hydroxylation is 1. The summed E-state index contributed by atoms with van der Waals surface area (Å²) in [6.45, 7) is 3.84. The first kappa shape index (κ1) is 18.2. The molecule has 24 heavy (non-hydrogen) atoms. The van der Waals surface area contributed by atoms with E-state index in [-0.39, 0.29) is 11.3 Å². The lowest BCUT2D eigenvalue weighted by Crippen LogP contribution is -2.49. The zero-order valence-corrected chi connectivity index (χ0v) is 15.2. The molecule has 1 heterocycles. The predicted octanol–water partition coefficient (Wildman–Crippen LogP) is 0.519. The van der Waals surface area contributed by atoms with Crippen molar-refractivity contribution >= 4 is 11.9 Å². The van der Waals surface area contributed by atoms with E-state index in [1.165, 1.54) is 6.33 Å². The third-order valence-electron chi connectivity index (χ3n) is 4.54. The lowest BCUT2D eigenvalue weighted by Gasteiger charge is -2.31. The van der Waals surface area contributed by atoms with Crippen molar-refractivity contribution in [2.45, 2.75) is 39.2 Å². The molecule has 1 aromatic rings. The Morgan fingerprint density at radius 1 is 1.38 bits per heavy atom. The van der Waals surface area contributed by atoms with E-state index in [0.717, 1.165) is 38.1 Å². The Balaban J connectivity index is 2.04. The normalized spacial score (nSPS) is 16.9. The highest BCUT2D eigenvalue weighted by Gasteiger charge is 2.42. The molecule has 0 aromatic carbocycles. The minimum atomic E-state index is -0.315. The zero-order valence-electron chi connectivity index (χ0n) is 15.2. The first-order valence-electron chi connectivity index (χ1n) is 8.55. The Bertz CT molecular complexity index is 573. The van der Waals surface area contributed by atoms with Gasteiger partial charge in [0.25, 0.3) is 0 Å². The second kappa shape index (κ2) is 8.12. The van der Waals surface area contributed by atoms with Gasteiger partial charge in [-0.15, -0.1) is 0 Å². The predicted molar refractivity (Wildman–Crippen MR) is 93.4 cm³/mol. The first-order valence-corrected chi connectivity index (χ1v) is 8.55. The average Bonchev–Trinajstić information content (AvgIpc) is 3.19. The van der Waals surface area contributed by atoms with Gasteiger partial charge >= 0.3 is 0 Å². The number of carbonyl (C=O) groups is 1. The van der Waals surface area contributed by atoms with Crippen molar-refractivity contribution in [1.82, 2.24) is 30.3 Å². The summed E-state index contributed by atoms with van der Waals surface area (Å²) >= 11 is 0. The molecule has 8 nitrogen and oxygen atoms in total. The second-order valence-corrected chi connectivity index (χ2v) is 6.54. The highest BCUT2D eigenvalue weighted by Crippen LogP contribution is 2.38. The monoisotopic (exact) mass is 335 g/mol. The van der Waals surface area contributed by atoms with E-state index in [0.29, 0.717) is 19.0 Å². The standard InChI is InChI=1S/C16H29N7O/c1-5-17-15(18-10-13-20-12-21-23(13)4)19-11-16(8-6-7-9-16)14(24)22(2)3/h12H,5-11H2,1-4H3,(H2,17,18,19). The van der Waals surface area contributed by atoms with E-state index in [4.69, 9.17) is 0 Å². The van der Waals surface area contributed by atoms with Crippen LogP contribution in [0.25, 0.3) is 0 Å². The van der Waals surface area contributed by atoms with E-state index in [2.05, 4.69) is 25.7 Å². The van der Waals surface area contributed by atoms with Gasteiger partial charge < -0.3 is 15.5 Å². The van der Waals surface area contributed by atoms with Crippen LogP contribution in [0.3, 0.4) is 0 Å². The summed E-state index contributed by atoms with van der Waals surface area (Å²) < 4.78 is 1.71. The van der Waals surface area contributed by atoms with Crippen LogP contribution in [0.15, 0.2) is 11.3 Å². The second-order valence-electron chi connectivity index (χ2n) is 6.54. The number of rotatable bonds is 6. The van der Waals surface area contributed by atoms with E-state index >= 15 is 0 Å². The molecule has 1 aliphatic rings. The molecule has 0 spiro atoms. The number of aliphatic imine (C=N–C) groups is 1. The maximum atomic E-state index is 12.6. The molecule has 1 saturated carbocycles. The molecular weight excluding hydrogens is 306 g/mol. The third-order valence-corrected chi connectivity index (χ3v) is 4.54. The van der Waals surface area contributed by atoms with Gasteiger partial charge in [0.2, 0.25) is 5.91 Å². The fraction of sp³-hybridized carbons (Fsp3) is 0.750. The van der Waals surface area contributed by atoms with Crippen LogP contribution in [0.1, 0.15) is 38.4 Å². The Hall–Kier alpha value is -2.12. The van der Waals surface area contributed by atoms with Crippen molar-refractivity contribution in [3.8, 4) is 0 Å². The van der Waals surface area contributed by atoms with Gasteiger partial charge in [-0.1, -0.05) is 12.8 Å². The van der Waals surface area contributed by atoms with E-state index in [1.54, 1.807) is 9.58 Å². The van der Waals surface area contributed by atoms with Crippen molar-refractivity contribution in [2.24, 2.45) is 17.5 Å². The van der Waals surface area contributed by atoms with Gasteiger partial charge in [0.1, 0.15) is 18.7 Å². The lowest BCUT2D eigenvalue weighted by atomic mass is 9.84. The van der Waals surface area contributed by atoms with Crippen LogP contribution < -0.4 is 10.6 Å². The maximum absolute atomic E-state index is 12.6. The van der Waals surface area contributed by atoms with Crippen molar-refractivity contribution < 1.29 is 4.79 Å². The summed E-state index contributed by atoms with van der Waals surface area (Å²) in [7, 11) is 5.51. The Morgan fingerprint density at radius 2 is 2.08 bits per heavy atom. The van der Waals surface area contributed by atoms with E-state index < -0.39 is 0 Å². The number of nitrogens with one attached hydrogen (secondary N) is 2. The van der Waals surface area contributed by atoms with Crippen molar-refractivity contribution in [3.05, 3.63) is 12.2 Å². The molecule has 0 aliphatic heterocycles. The molecule has 8 heteroatoms. The van der Waals surface area contributed by atoms with Crippen LogP contribution in [-0.4, -0.2) is 58.7 Å². The zero-order chi connectivity index (χ0) is 17.6. The smallest absolute Gasteiger partial charge is 0.230 e. The summed E-state index contributed by atoms with van der Waals surface area (Å²) in [6.07, 6.45) is 5.59.